The van der Waals surface area contributed by atoms with Crippen molar-refractivity contribution in [3.05, 3.63) is 126 Å². The van der Waals surface area contributed by atoms with Crippen LogP contribution in [0.4, 0.5) is 0 Å². The molecule has 0 unspecified atom stereocenters. The quantitative estimate of drug-likeness (QED) is 0.203. The summed E-state index contributed by atoms with van der Waals surface area (Å²) >= 11 is 0. The number of aromatic nitrogens is 3. The van der Waals surface area contributed by atoms with Crippen LogP contribution in [0.15, 0.2) is 109 Å². The first-order valence-corrected chi connectivity index (χ1v) is 17.9. The summed E-state index contributed by atoms with van der Waals surface area (Å²) in [5.74, 6) is 0.978. The molecule has 0 aliphatic heterocycles. The first-order valence-electron chi connectivity index (χ1n) is 17.9. The number of phenols is 1. The van der Waals surface area contributed by atoms with Crippen LogP contribution in [0.25, 0.3) is 66.7 Å². The summed E-state index contributed by atoms with van der Waals surface area (Å²) in [5, 5.41) is 12.4. The summed E-state index contributed by atoms with van der Waals surface area (Å²) < 4.78 is 2.17. The van der Waals surface area contributed by atoms with Crippen LogP contribution in [-0.2, 0) is 23.3 Å². The normalized spacial score (nSPS) is 12.6. The number of phenolic OH excluding ortho intramolecular Hbond substituents is 1. The monoisotopic (exact) mass is 671 g/mol. The Kier molecular flexibility index (Phi) is 8.21. The summed E-state index contributed by atoms with van der Waals surface area (Å²) in [6.45, 7) is 20.1. The average molecular weight is 672 g/mol. The minimum absolute atomic E-state index is 0.0339. The third-order valence-electron chi connectivity index (χ3n) is 10.2. The zero-order valence-corrected chi connectivity index (χ0v) is 31.7. The Morgan fingerprint density at radius 2 is 1.18 bits per heavy atom. The molecule has 0 spiro atoms. The minimum atomic E-state index is -0.133. The van der Waals surface area contributed by atoms with E-state index in [1.54, 1.807) is 6.07 Å². The summed E-state index contributed by atoms with van der Waals surface area (Å²) in [5.41, 5.74) is 13.8. The van der Waals surface area contributed by atoms with Crippen molar-refractivity contribution in [1.29, 1.82) is 0 Å². The van der Waals surface area contributed by atoms with Gasteiger partial charge in [-0.05, 0) is 104 Å². The molecule has 7 rings (SSSR count). The van der Waals surface area contributed by atoms with E-state index < -0.39 is 0 Å². The standard InChI is InChI=1S/C47H49N3O/c1-45(2,3)34-18-21-40(51)38(27-34)44-49-42-36(19-20-39(47(7,8)9)43(42)50(44)10)32-23-31(29-15-12-11-13-16-29)24-33(25-32)37-28-35(46(4,5)6)26-30-17-14-22-48-41(30)37/h11-28,51H,1-10H3. The molecule has 2 aromatic heterocycles. The van der Waals surface area contributed by atoms with Crippen LogP contribution in [0.3, 0.4) is 0 Å². The van der Waals surface area contributed by atoms with Gasteiger partial charge in [-0.3, -0.25) is 4.98 Å². The Labute approximate surface area is 302 Å². The van der Waals surface area contributed by atoms with Crippen LogP contribution in [0.5, 0.6) is 5.75 Å². The van der Waals surface area contributed by atoms with Crippen LogP contribution in [-0.4, -0.2) is 19.6 Å². The lowest BCUT2D eigenvalue weighted by molar-refractivity contribution is 0.475. The van der Waals surface area contributed by atoms with Gasteiger partial charge in [0, 0.05) is 29.8 Å². The maximum atomic E-state index is 11.3. The van der Waals surface area contributed by atoms with Crippen LogP contribution in [0.1, 0.15) is 79.0 Å². The van der Waals surface area contributed by atoms with Gasteiger partial charge < -0.3 is 9.67 Å². The summed E-state index contributed by atoms with van der Waals surface area (Å²) in [7, 11) is 2.08. The number of aryl methyl sites for hydroxylation is 1. The van der Waals surface area contributed by atoms with Gasteiger partial charge in [0.15, 0.2) is 0 Å². The fraction of sp³-hybridized carbons (Fsp3) is 0.277. The van der Waals surface area contributed by atoms with E-state index in [-0.39, 0.29) is 22.0 Å². The molecule has 0 aliphatic rings. The highest BCUT2D eigenvalue weighted by atomic mass is 16.3. The zero-order valence-electron chi connectivity index (χ0n) is 31.7. The maximum absolute atomic E-state index is 11.3. The van der Waals surface area contributed by atoms with Gasteiger partial charge in [-0.2, -0.15) is 0 Å². The second kappa shape index (κ2) is 12.2. The van der Waals surface area contributed by atoms with Gasteiger partial charge in [0.2, 0.25) is 0 Å². The number of aromatic hydroxyl groups is 1. The molecule has 4 heteroatoms. The summed E-state index contributed by atoms with van der Waals surface area (Å²) in [6.07, 6.45) is 1.89. The number of benzene rings is 5. The fourth-order valence-corrected chi connectivity index (χ4v) is 7.16. The number of nitrogens with zero attached hydrogens (tertiary/aromatic N) is 3. The third kappa shape index (κ3) is 6.33. The van der Waals surface area contributed by atoms with Crippen molar-refractivity contribution in [2.45, 2.75) is 78.6 Å². The SMILES string of the molecule is Cn1c(-c2cc(C(C)(C)C)ccc2O)nc2c(-c3cc(-c4ccccc4)cc(-c4cc(C(C)(C)C)cc5cccnc45)c3)ccc(C(C)(C)C)c21. The van der Waals surface area contributed by atoms with E-state index in [1.165, 1.54) is 11.1 Å². The molecule has 2 heterocycles. The number of imidazole rings is 1. The van der Waals surface area contributed by atoms with Crippen molar-refractivity contribution in [1.82, 2.24) is 14.5 Å². The number of pyridine rings is 1. The van der Waals surface area contributed by atoms with Crippen LogP contribution in [0, 0.1) is 0 Å². The summed E-state index contributed by atoms with van der Waals surface area (Å²) in [6, 6.07) is 36.7. The highest BCUT2D eigenvalue weighted by Gasteiger charge is 2.26. The summed E-state index contributed by atoms with van der Waals surface area (Å²) in [4.78, 5) is 10.3. The smallest absolute Gasteiger partial charge is 0.144 e. The van der Waals surface area contributed by atoms with E-state index in [4.69, 9.17) is 9.97 Å². The fourth-order valence-electron chi connectivity index (χ4n) is 7.16. The van der Waals surface area contributed by atoms with E-state index in [1.807, 2.05) is 18.3 Å². The van der Waals surface area contributed by atoms with E-state index in [2.05, 4.69) is 159 Å². The molecule has 0 aliphatic carbocycles. The molecular weight excluding hydrogens is 623 g/mol. The van der Waals surface area contributed by atoms with Crippen molar-refractivity contribution in [2.24, 2.45) is 7.05 Å². The van der Waals surface area contributed by atoms with Gasteiger partial charge in [-0.25, -0.2) is 4.98 Å². The third-order valence-corrected chi connectivity index (χ3v) is 10.2. The van der Waals surface area contributed by atoms with Gasteiger partial charge in [-0.15, -0.1) is 0 Å². The van der Waals surface area contributed by atoms with E-state index in [0.29, 0.717) is 0 Å². The molecule has 0 amide bonds. The van der Waals surface area contributed by atoms with Crippen molar-refractivity contribution in [3.8, 4) is 50.5 Å². The van der Waals surface area contributed by atoms with Gasteiger partial charge in [0.05, 0.1) is 22.1 Å². The number of hydrogen-bond donors (Lipinski definition) is 1. The largest absolute Gasteiger partial charge is 0.507 e. The topological polar surface area (TPSA) is 50.9 Å². The van der Waals surface area contributed by atoms with E-state index >= 15 is 0 Å². The van der Waals surface area contributed by atoms with Gasteiger partial charge in [-0.1, -0.05) is 117 Å². The van der Waals surface area contributed by atoms with E-state index in [0.717, 1.165) is 72.3 Å². The number of rotatable bonds is 4. The van der Waals surface area contributed by atoms with Gasteiger partial charge >= 0.3 is 0 Å². The molecule has 0 radical (unpaired) electrons. The molecule has 1 N–H and O–H groups in total. The molecule has 5 aromatic carbocycles. The number of hydrogen-bond acceptors (Lipinski definition) is 3. The zero-order chi connectivity index (χ0) is 36.5. The molecule has 4 nitrogen and oxygen atoms in total. The van der Waals surface area contributed by atoms with Crippen LogP contribution < -0.4 is 0 Å². The lowest BCUT2D eigenvalue weighted by Crippen LogP contribution is -2.13. The molecular formula is C47H49N3O. The Morgan fingerprint density at radius 1 is 0.529 bits per heavy atom. The molecule has 0 atom stereocenters. The average Bonchev–Trinajstić information content (AvgIpc) is 3.42. The van der Waals surface area contributed by atoms with Crippen molar-refractivity contribution >= 4 is 21.9 Å². The molecule has 0 bridgehead atoms. The van der Waals surface area contributed by atoms with Crippen molar-refractivity contribution < 1.29 is 5.11 Å². The highest BCUT2D eigenvalue weighted by molar-refractivity contribution is 6.01. The van der Waals surface area contributed by atoms with Crippen LogP contribution >= 0.6 is 0 Å². The second-order valence-corrected chi connectivity index (χ2v) is 17.1. The maximum Gasteiger partial charge on any atom is 0.144 e. The van der Waals surface area contributed by atoms with E-state index in [9.17, 15) is 5.11 Å². The molecule has 0 saturated carbocycles. The molecule has 7 aromatic rings. The highest BCUT2D eigenvalue weighted by Crippen LogP contribution is 2.43. The minimum Gasteiger partial charge on any atom is -0.507 e. The molecule has 51 heavy (non-hydrogen) atoms. The van der Waals surface area contributed by atoms with Crippen molar-refractivity contribution in [2.75, 3.05) is 0 Å². The lowest BCUT2D eigenvalue weighted by Gasteiger charge is -2.23. The van der Waals surface area contributed by atoms with Crippen LogP contribution in [0.2, 0.25) is 0 Å². The molecule has 0 saturated heterocycles. The predicted molar refractivity (Wildman–Crippen MR) is 216 cm³/mol. The van der Waals surface area contributed by atoms with Gasteiger partial charge in [0.25, 0.3) is 0 Å². The molecule has 258 valence electrons. The Hall–Kier alpha value is -5.22. The Bertz CT molecular complexity index is 2430. The Balaban J connectivity index is 1.55. The second-order valence-electron chi connectivity index (χ2n) is 17.1. The Morgan fingerprint density at radius 3 is 1.84 bits per heavy atom. The molecule has 0 fully saturated rings. The first-order chi connectivity index (χ1) is 24.0. The predicted octanol–water partition coefficient (Wildman–Crippen LogP) is 12.4. The lowest BCUT2D eigenvalue weighted by atomic mass is 9.83. The van der Waals surface area contributed by atoms with Gasteiger partial charge in [0.1, 0.15) is 11.6 Å². The number of fused-ring (bicyclic) bond motifs is 2. The first kappa shape index (κ1) is 34.2. The van der Waals surface area contributed by atoms with Crippen molar-refractivity contribution in [3.63, 3.8) is 0 Å².